The lowest BCUT2D eigenvalue weighted by Crippen LogP contribution is -2.59. The minimum absolute atomic E-state index is 0.229. The van der Waals surface area contributed by atoms with Crippen LogP contribution in [-0.2, 0) is 14.6 Å². The van der Waals surface area contributed by atoms with Crippen LogP contribution >= 0.6 is 0 Å². The molecule has 2 aliphatic heterocycles. The van der Waals surface area contributed by atoms with Gasteiger partial charge in [-0.1, -0.05) is 6.42 Å². The molecule has 0 aromatic carbocycles. The third-order valence-electron chi connectivity index (χ3n) is 5.51. The molecule has 2 unspecified atom stereocenters. The minimum Gasteiger partial charge on any atom is -0.353 e. The molecule has 0 aromatic heterocycles. The standard InChI is InChI=1S/C16H31N3O3S/c1-13-6-4-5-11-19(13)14(2)12-18-15(20)16(23(3,21)22)7-9-17-10-8-16/h13-14,17H,4-12H2,1-3H3,(H,18,20). The molecule has 0 aromatic rings. The summed E-state index contributed by atoms with van der Waals surface area (Å²) >= 11 is 0. The average Bonchev–Trinajstić information content (AvgIpc) is 2.52. The largest absolute Gasteiger partial charge is 0.353 e. The van der Waals surface area contributed by atoms with Crippen molar-refractivity contribution in [1.82, 2.24) is 15.5 Å². The van der Waals surface area contributed by atoms with E-state index < -0.39 is 14.6 Å². The van der Waals surface area contributed by atoms with Crippen LogP contribution in [0.1, 0.15) is 46.0 Å². The fraction of sp³-hybridized carbons (Fsp3) is 0.938. The number of rotatable bonds is 5. The van der Waals surface area contributed by atoms with E-state index in [-0.39, 0.29) is 11.9 Å². The van der Waals surface area contributed by atoms with Crippen molar-refractivity contribution < 1.29 is 13.2 Å². The minimum atomic E-state index is -3.44. The summed E-state index contributed by atoms with van der Waals surface area (Å²) in [5.74, 6) is -0.321. The van der Waals surface area contributed by atoms with Crippen molar-refractivity contribution >= 4 is 15.7 Å². The number of amides is 1. The molecule has 2 aliphatic rings. The van der Waals surface area contributed by atoms with E-state index >= 15 is 0 Å². The molecule has 0 bridgehead atoms. The first-order valence-corrected chi connectivity index (χ1v) is 10.6. The number of nitrogens with zero attached hydrogens (tertiary/aromatic N) is 1. The lowest BCUT2D eigenvalue weighted by Gasteiger charge is -2.39. The predicted octanol–water partition coefficient (Wildman–Crippen LogP) is 0.532. The zero-order chi connectivity index (χ0) is 17.1. The molecule has 0 aliphatic carbocycles. The van der Waals surface area contributed by atoms with Gasteiger partial charge >= 0.3 is 0 Å². The molecule has 2 fully saturated rings. The van der Waals surface area contributed by atoms with Crippen molar-refractivity contribution in [2.75, 3.05) is 32.4 Å². The van der Waals surface area contributed by atoms with Crippen LogP contribution in [-0.4, -0.2) is 68.5 Å². The molecule has 2 N–H and O–H groups in total. The average molecular weight is 346 g/mol. The number of carbonyl (C=O) groups excluding carboxylic acids is 1. The van der Waals surface area contributed by atoms with E-state index in [1.54, 1.807) is 0 Å². The second-order valence-corrected chi connectivity index (χ2v) is 9.48. The lowest BCUT2D eigenvalue weighted by molar-refractivity contribution is -0.124. The van der Waals surface area contributed by atoms with Crippen LogP contribution in [0.3, 0.4) is 0 Å². The zero-order valence-electron chi connectivity index (χ0n) is 14.6. The fourth-order valence-corrected chi connectivity index (χ4v) is 5.25. The molecule has 2 saturated heterocycles. The van der Waals surface area contributed by atoms with E-state index in [2.05, 4.69) is 29.4 Å². The third-order valence-corrected chi connectivity index (χ3v) is 7.53. The SMILES string of the molecule is CC1CCCCN1C(C)CNC(=O)C1(S(C)(=O)=O)CCNCC1. The van der Waals surface area contributed by atoms with Crippen LogP contribution in [0.25, 0.3) is 0 Å². The lowest BCUT2D eigenvalue weighted by atomic mass is 9.95. The molecule has 134 valence electrons. The van der Waals surface area contributed by atoms with E-state index in [4.69, 9.17) is 0 Å². The summed E-state index contributed by atoms with van der Waals surface area (Å²) in [6.07, 6.45) is 5.55. The highest BCUT2D eigenvalue weighted by Gasteiger charge is 2.48. The van der Waals surface area contributed by atoms with Crippen molar-refractivity contribution in [3.63, 3.8) is 0 Å². The predicted molar refractivity (Wildman–Crippen MR) is 92.2 cm³/mol. The van der Waals surface area contributed by atoms with Gasteiger partial charge in [-0.15, -0.1) is 0 Å². The summed E-state index contributed by atoms with van der Waals surface area (Å²) in [4.78, 5) is 15.1. The normalized spacial score (nSPS) is 27.3. The van der Waals surface area contributed by atoms with Crippen LogP contribution in [0.2, 0.25) is 0 Å². The third kappa shape index (κ3) is 4.06. The molecule has 2 rings (SSSR count). The van der Waals surface area contributed by atoms with Gasteiger partial charge in [0.2, 0.25) is 5.91 Å². The van der Waals surface area contributed by atoms with Crippen LogP contribution in [0, 0.1) is 0 Å². The maximum absolute atomic E-state index is 12.7. The van der Waals surface area contributed by atoms with Crippen molar-refractivity contribution in [1.29, 1.82) is 0 Å². The Morgan fingerprint density at radius 1 is 1.35 bits per heavy atom. The molecule has 2 atom stereocenters. The highest BCUT2D eigenvalue weighted by atomic mass is 32.2. The van der Waals surface area contributed by atoms with E-state index in [1.165, 1.54) is 25.5 Å². The van der Waals surface area contributed by atoms with Gasteiger partial charge in [-0.3, -0.25) is 9.69 Å². The molecule has 7 heteroatoms. The number of hydrogen-bond donors (Lipinski definition) is 2. The Labute approximate surface area is 140 Å². The maximum Gasteiger partial charge on any atom is 0.241 e. The van der Waals surface area contributed by atoms with E-state index in [0.717, 1.165) is 6.54 Å². The highest BCUT2D eigenvalue weighted by Crippen LogP contribution is 2.28. The van der Waals surface area contributed by atoms with Crippen LogP contribution in [0.4, 0.5) is 0 Å². The monoisotopic (exact) mass is 345 g/mol. The molecule has 6 nitrogen and oxygen atoms in total. The van der Waals surface area contributed by atoms with Crippen molar-refractivity contribution in [2.24, 2.45) is 0 Å². The Kier molecular flexibility index (Phi) is 6.08. The topological polar surface area (TPSA) is 78.5 Å². The van der Waals surface area contributed by atoms with Crippen LogP contribution < -0.4 is 10.6 Å². The van der Waals surface area contributed by atoms with E-state index in [1.807, 2.05) is 0 Å². The summed E-state index contributed by atoms with van der Waals surface area (Å²) in [6, 6.07) is 0.756. The molecule has 0 spiro atoms. The number of piperidine rings is 2. The quantitative estimate of drug-likeness (QED) is 0.760. The van der Waals surface area contributed by atoms with Crippen LogP contribution in [0.5, 0.6) is 0 Å². The van der Waals surface area contributed by atoms with Gasteiger partial charge in [-0.05, 0) is 59.2 Å². The van der Waals surface area contributed by atoms with Gasteiger partial charge in [0.25, 0.3) is 0 Å². The summed E-state index contributed by atoms with van der Waals surface area (Å²) in [5, 5.41) is 6.07. The van der Waals surface area contributed by atoms with Gasteiger partial charge in [0.05, 0.1) is 0 Å². The Morgan fingerprint density at radius 2 is 2.00 bits per heavy atom. The second-order valence-electron chi connectivity index (χ2n) is 7.16. The summed E-state index contributed by atoms with van der Waals surface area (Å²) in [5.41, 5.74) is 0. The molecule has 0 radical (unpaired) electrons. The summed E-state index contributed by atoms with van der Waals surface area (Å²) in [6.45, 7) is 7.03. The summed E-state index contributed by atoms with van der Waals surface area (Å²) < 4.78 is 23.2. The number of likely N-dealkylation sites (tertiary alicyclic amines) is 1. The summed E-state index contributed by atoms with van der Waals surface area (Å²) in [7, 11) is -3.44. The Hall–Kier alpha value is -0.660. The fourth-order valence-electron chi connectivity index (χ4n) is 3.89. The highest BCUT2D eigenvalue weighted by molar-refractivity contribution is 7.92. The van der Waals surface area contributed by atoms with Gasteiger partial charge in [0.15, 0.2) is 14.6 Å². The Balaban J connectivity index is 1.99. The number of carbonyl (C=O) groups is 1. The molecular formula is C16H31N3O3S. The van der Waals surface area contributed by atoms with Crippen molar-refractivity contribution in [2.45, 2.75) is 62.8 Å². The van der Waals surface area contributed by atoms with Crippen molar-refractivity contribution in [3.05, 3.63) is 0 Å². The van der Waals surface area contributed by atoms with Crippen molar-refractivity contribution in [3.8, 4) is 0 Å². The van der Waals surface area contributed by atoms with Gasteiger partial charge in [0.1, 0.15) is 0 Å². The van der Waals surface area contributed by atoms with Gasteiger partial charge in [0, 0.05) is 24.9 Å². The smallest absolute Gasteiger partial charge is 0.241 e. The first-order chi connectivity index (χ1) is 10.8. The first-order valence-electron chi connectivity index (χ1n) is 8.72. The molecule has 0 saturated carbocycles. The molecule has 1 amide bonds. The van der Waals surface area contributed by atoms with E-state index in [0.29, 0.717) is 38.5 Å². The van der Waals surface area contributed by atoms with Gasteiger partial charge in [-0.25, -0.2) is 8.42 Å². The van der Waals surface area contributed by atoms with Gasteiger partial charge in [-0.2, -0.15) is 0 Å². The molecule has 2 heterocycles. The molecular weight excluding hydrogens is 314 g/mol. The number of nitrogens with one attached hydrogen (secondary N) is 2. The number of hydrogen-bond acceptors (Lipinski definition) is 5. The van der Waals surface area contributed by atoms with E-state index in [9.17, 15) is 13.2 Å². The second kappa shape index (κ2) is 7.49. The number of sulfone groups is 1. The van der Waals surface area contributed by atoms with Crippen LogP contribution in [0.15, 0.2) is 0 Å². The Bertz CT molecular complexity index is 515. The first kappa shape index (κ1) is 18.7. The Morgan fingerprint density at radius 3 is 2.57 bits per heavy atom. The van der Waals surface area contributed by atoms with Gasteiger partial charge < -0.3 is 10.6 Å². The zero-order valence-corrected chi connectivity index (χ0v) is 15.4. The maximum atomic E-state index is 12.7. The molecule has 23 heavy (non-hydrogen) atoms.